The second-order valence-electron chi connectivity index (χ2n) is 4.35. The summed E-state index contributed by atoms with van der Waals surface area (Å²) in [6, 6.07) is 7.89. The molecule has 2 rings (SSSR count). The van der Waals surface area contributed by atoms with Gasteiger partial charge >= 0.3 is 21.2 Å². The van der Waals surface area contributed by atoms with Gasteiger partial charge in [-0.25, -0.2) is 0 Å². The van der Waals surface area contributed by atoms with E-state index in [0.717, 1.165) is 37.5 Å². The Morgan fingerprint density at radius 3 is 2.27 bits per heavy atom. The van der Waals surface area contributed by atoms with Crippen molar-refractivity contribution in [2.45, 2.75) is 11.2 Å². The van der Waals surface area contributed by atoms with E-state index in [1.165, 1.54) is 18.2 Å². The lowest BCUT2D eigenvalue weighted by atomic mass is 10.2. The van der Waals surface area contributed by atoms with E-state index in [9.17, 15) is 26.8 Å². The molecule has 0 N–H and O–H groups in total. The smallest absolute Gasteiger partial charge is 0.418 e. The van der Waals surface area contributed by atoms with Crippen LogP contribution in [0.15, 0.2) is 53.7 Å². The number of rotatable bonds is 3. The summed E-state index contributed by atoms with van der Waals surface area (Å²) < 4.78 is 64.2. The highest BCUT2D eigenvalue weighted by molar-refractivity contribution is 7.92. The van der Waals surface area contributed by atoms with E-state index in [0.29, 0.717) is 4.31 Å². The van der Waals surface area contributed by atoms with Gasteiger partial charge in [0.05, 0.1) is 11.3 Å². The summed E-state index contributed by atoms with van der Waals surface area (Å²) >= 11 is 0. The average Bonchev–Trinajstić information content (AvgIpc) is 2.46. The van der Waals surface area contributed by atoms with Crippen molar-refractivity contribution >= 4 is 15.7 Å². The zero-order valence-corrected chi connectivity index (χ0v) is 12.1. The molecule has 1 aromatic heterocycles. The highest BCUT2D eigenvalue weighted by Crippen LogP contribution is 2.37. The lowest BCUT2D eigenvalue weighted by Crippen LogP contribution is -2.39. The summed E-state index contributed by atoms with van der Waals surface area (Å²) in [5, 5.41) is 10.9. The van der Waals surface area contributed by atoms with E-state index in [1.807, 2.05) is 0 Å². The lowest BCUT2D eigenvalue weighted by Gasteiger charge is -2.22. The van der Waals surface area contributed by atoms with Crippen LogP contribution in [0.4, 0.5) is 18.9 Å². The second-order valence-corrected chi connectivity index (χ2v) is 6.27. The zero-order valence-electron chi connectivity index (χ0n) is 11.3. The molecule has 1 heterocycles. The monoisotopic (exact) mass is 332 g/mol. The minimum atomic E-state index is -4.72. The van der Waals surface area contributed by atoms with Crippen molar-refractivity contribution < 1.29 is 26.3 Å². The van der Waals surface area contributed by atoms with Crippen molar-refractivity contribution in [3.8, 4) is 0 Å². The summed E-state index contributed by atoms with van der Waals surface area (Å²) in [7, 11) is -3.46. The summed E-state index contributed by atoms with van der Waals surface area (Å²) in [6.45, 7) is 0. The number of sulfonamides is 1. The van der Waals surface area contributed by atoms with Crippen molar-refractivity contribution in [1.82, 2.24) is 0 Å². The topological polar surface area (TPSA) is 64.3 Å². The van der Waals surface area contributed by atoms with Gasteiger partial charge in [-0.1, -0.05) is 12.1 Å². The van der Waals surface area contributed by atoms with Crippen LogP contribution in [0.25, 0.3) is 0 Å². The molecule has 0 spiro atoms. The number of hydrogen-bond donors (Lipinski definition) is 0. The Morgan fingerprint density at radius 2 is 1.68 bits per heavy atom. The first-order valence-corrected chi connectivity index (χ1v) is 7.43. The highest BCUT2D eigenvalue weighted by atomic mass is 32.2. The van der Waals surface area contributed by atoms with E-state index >= 15 is 0 Å². The maximum atomic E-state index is 13.0. The summed E-state index contributed by atoms with van der Waals surface area (Å²) in [4.78, 5) is 0. The number of halogens is 3. The third-order valence-corrected chi connectivity index (χ3v) is 4.72. The Morgan fingerprint density at radius 1 is 1.09 bits per heavy atom. The maximum absolute atomic E-state index is 13.0. The van der Waals surface area contributed by atoms with Crippen molar-refractivity contribution in [3.63, 3.8) is 0 Å². The van der Waals surface area contributed by atoms with Crippen LogP contribution in [0, 0.1) is 5.21 Å². The SMILES string of the molecule is CN(c1ccccc1C(F)(F)F)S(=O)(=O)c1cccc[n+]1[O-]. The van der Waals surface area contributed by atoms with Crippen LogP contribution in [0.1, 0.15) is 5.56 Å². The van der Waals surface area contributed by atoms with E-state index in [-0.39, 0.29) is 4.73 Å². The third kappa shape index (κ3) is 2.84. The number of pyridine rings is 1. The minimum absolute atomic E-state index is 0.0854. The molecular weight excluding hydrogens is 321 g/mol. The number of nitrogens with zero attached hydrogens (tertiary/aromatic N) is 2. The van der Waals surface area contributed by atoms with Crippen molar-refractivity contribution in [1.29, 1.82) is 0 Å². The largest absolute Gasteiger partial charge is 0.618 e. The van der Waals surface area contributed by atoms with E-state index in [1.54, 1.807) is 0 Å². The second kappa shape index (κ2) is 5.48. The molecule has 0 aliphatic heterocycles. The molecule has 0 radical (unpaired) electrons. The molecule has 0 aliphatic rings. The molecule has 118 valence electrons. The van der Waals surface area contributed by atoms with Gasteiger partial charge in [-0.2, -0.15) is 26.3 Å². The average molecular weight is 332 g/mol. The van der Waals surface area contributed by atoms with Crippen LogP contribution in [0.5, 0.6) is 0 Å². The molecule has 1 aromatic carbocycles. The van der Waals surface area contributed by atoms with E-state index < -0.39 is 32.5 Å². The zero-order chi connectivity index (χ0) is 16.5. The quantitative estimate of drug-likeness (QED) is 0.639. The van der Waals surface area contributed by atoms with Gasteiger partial charge in [0.1, 0.15) is 0 Å². The van der Waals surface area contributed by atoms with Gasteiger partial charge in [0.25, 0.3) is 0 Å². The van der Waals surface area contributed by atoms with Gasteiger partial charge in [-0.15, -0.1) is 0 Å². The van der Waals surface area contributed by atoms with Crippen molar-refractivity contribution in [2.75, 3.05) is 11.4 Å². The first kappa shape index (κ1) is 16.1. The third-order valence-electron chi connectivity index (χ3n) is 2.96. The summed E-state index contributed by atoms with van der Waals surface area (Å²) in [5.41, 5.74) is -1.66. The minimum Gasteiger partial charge on any atom is -0.618 e. The lowest BCUT2D eigenvalue weighted by molar-refractivity contribution is -0.646. The van der Waals surface area contributed by atoms with Crippen molar-refractivity contribution in [3.05, 3.63) is 59.4 Å². The molecule has 0 fully saturated rings. The molecule has 22 heavy (non-hydrogen) atoms. The molecule has 2 aromatic rings. The van der Waals surface area contributed by atoms with Gasteiger partial charge in [0.15, 0.2) is 6.20 Å². The van der Waals surface area contributed by atoms with Gasteiger partial charge in [0.2, 0.25) is 0 Å². The fraction of sp³-hybridized carbons (Fsp3) is 0.154. The molecule has 9 heteroatoms. The van der Waals surface area contributed by atoms with Crippen LogP contribution in [-0.4, -0.2) is 15.5 Å². The Balaban J connectivity index is 2.58. The molecule has 0 amide bonds. The number of alkyl halides is 3. The molecule has 0 saturated heterocycles. The van der Waals surface area contributed by atoms with E-state index in [2.05, 4.69) is 0 Å². The predicted octanol–water partition coefficient (Wildman–Crippen LogP) is 2.16. The first-order chi connectivity index (χ1) is 10.2. The summed E-state index contributed by atoms with van der Waals surface area (Å²) in [5.74, 6) is 0. The molecule has 0 saturated carbocycles. The summed E-state index contributed by atoms with van der Waals surface area (Å²) in [6.07, 6.45) is -3.76. The Bertz CT molecular complexity index is 791. The Labute approximate surface area is 124 Å². The van der Waals surface area contributed by atoms with Gasteiger partial charge in [0, 0.05) is 19.2 Å². The van der Waals surface area contributed by atoms with E-state index in [4.69, 9.17) is 0 Å². The van der Waals surface area contributed by atoms with Crippen molar-refractivity contribution in [2.24, 2.45) is 0 Å². The number of aromatic nitrogens is 1. The van der Waals surface area contributed by atoms with Gasteiger partial charge in [-0.3, -0.25) is 4.31 Å². The standard InChI is InChI=1S/C13H11F3N2O3S/c1-17(11-7-3-2-6-10(11)13(14,15)16)22(20,21)12-8-4-5-9-18(12)19/h2-9H,1H3. The molecular formula is C13H11F3N2O3S. The number of anilines is 1. The van der Waals surface area contributed by atoms with Crippen LogP contribution in [0.3, 0.4) is 0 Å². The number of benzene rings is 1. The molecule has 0 atom stereocenters. The van der Waals surface area contributed by atoms with Crippen LogP contribution < -0.4 is 9.04 Å². The Kier molecular flexibility index (Phi) is 4.01. The van der Waals surface area contributed by atoms with Gasteiger partial charge in [-0.05, 0) is 18.2 Å². The molecule has 0 aliphatic carbocycles. The fourth-order valence-corrected chi connectivity index (χ4v) is 3.11. The van der Waals surface area contributed by atoms with Crippen LogP contribution in [-0.2, 0) is 16.2 Å². The normalized spacial score (nSPS) is 12.2. The fourth-order valence-electron chi connectivity index (χ4n) is 1.87. The predicted molar refractivity (Wildman–Crippen MR) is 72.4 cm³/mol. The van der Waals surface area contributed by atoms with Crippen LogP contribution in [0.2, 0.25) is 0 Å². The first-order valence-electron chi connectivity index (χ1n) is 5.99. The van der Waals surface area contributed by atoms with Gasteiger partial charge < -0.3 is 5.21 Å². The Hall–Kier alpha value is -2.29. The molecule has 5 nitrogen and oxygen atoms in total. The molecule has 0 bridgehead atoms. The number of para-hydroxylation sites is 1. The van der Waals surface area contributed by atoms with Crippen LogP contribution >= 0.6 is 0 Å². The molecule has 0 unspecified atom stereocenters. The highest BCUT2D eigenvalue weighted by Gasteiger charge is 2.38. The maximum Gasteiger partial charge on any atom is 0.418 e. The number of hydrogen-bond acceptors (Lipinski definition) is 3.